The van der Waals surface area contributed by atoms with Crippen LogP contribution in [0.3, 0.4) is 0 Å². The fourth-order valence-corrected chi connectivity index (χ4v) is 0.976. The van der Waals surface area contributed by atoms with Crippen LogP contribution < -0.4 is 0 Å². The Labute approximate surface area is 84.1 Å². The molecule has 0 amide bonds. The topological polar surface area (TPSA) is 0 Å². The molecule has 0 aliphatic heterocycles. The molecule has 0 heterocycles. The van der Waals surface area contributed by atoms with E-state index in [-0.39, 0.29) is 7.43 Å². The SMILES string of the molecule is C=C(C)/C(C)=C(\C)C(C)=C(C)C.[CH3-]. The maximum absolute atomic E-state index is 3.94. The Balaban J connectivity index is 0. The second-order valence-corrected chi connectivity index (χ2v) is 3.66. The molecule has 0 aliphatic carbocycles. The van der Waals surface area contributed by atoms with Gasteiger partial charge in [-0.25, -0.2) is 0 Å². The van der Waals surface area contributed by atoms with Gasteiger partial charge < -0.3 is 7.43 Å². The molecule has 0 aromatic heterocycles. The van der Waals surface area contributed by atoms with Gasteiger partial charge in [-0.05, 0) is 58.3 Å². The zero-order valence-electron chi connectivity index (χ0n) is 10.2. The van der Waals surface area contributed by atoms with Gasteiger partial charge in [0.25, 0.3) is 0 Å². The van der Waals surface area contributed by atoms with Crippen LogP contribution in [0.4, 0.5) is 0 Å². The number of hydrogen-bond acceptors (Lipinski definition) is 0. The van der Waals surface area contributed by atoms with E-state index in [4.69, 9.17) is 0 Å². The van der Waals surface area contributed by atoms with Gasteiger partial charge in [0.2, 0.25) is 0 Å². The predicted molar refractivity (Wildman–Crippen MR) is 63.7 cm³/mol. The van der Waals surface area contributed by atoms with Crippen LogP contribution in [0.2, 0.25) is 0 Å². The maximum Gasteiger partial charge on any atom is -0.0392 e. The third-order valence-corrected chi connectivity index (χ3v) is 2.52. The summed E-state index contributed by atoms with van der Waals surface area (Å²) in [5, 5.41) is 0. The molecule has 0 saturated carbocycles. The van der Waals surface area contributed by atoms with Crippen LogP contribution in [0.15, 0.2) is 34.4 Å². The van der Waals surface area contributed by atoms with Crippen LogP contribution in [-0.2, 0) is 0 Å². The maximum atomic E-state index is 3.94. The molecule has 0 spiro atoms. The molecular weight excluding hydrogens is 156 g/mol. The quantitative estimate of drug-likeness (QED) is 0.425. The van der Waals surface area contributed by atoms with Crippen molar-refractivity contribution < 1.29 is 0 Å². The van der Waals surface area contributed by atoms with Crippen molar-refractivity contribution in [3.63, 3.8) is 0 Å². The first-order valence-electron chi connectivity index (χ1n) is 4.35. The van der Waals surface area contributed by atoms with Crippen LogP contribution in [0.5, 0.6) is 0 Å². The molecule has 0 aliphatic rings. The highest BCUT2D eigenvalue weighted by molar-refractivity contribution is 5.41. The highest BCUT2D eigenvalue weighted by atomic mass is 14.1. The largest absolute Gasteiger partial charge is 0.358 e. The normalized spacial score (nSPS) is 11.2. The molecule has 0 aromatic carbocycles. The smallest absolute Gasteiger partial charge is 0.0392 e. The lowest BCUT2D eigenvalue weighted by molar-refractivity contribution is 1.17. The van der Waals surface area contributed by atoms with Gasteiger partial charge in [0.05, 0.1) is 0 Å². The van der Waals surface area contributed by atoms with Crippen molar-refractivity contribution in [2.24, 2.45) is 0 Å². The minimum Gasteiger partial charge on any atom is -0.358 e. The van der Waals surface area contributed by atoms with E-state index in [1.807, 2.05) is 0 Å². The van der Waals surface area contributed by atoms with Gasteiger partial charge >= 0.3 is 0 Å². The highest BCUT2D eigenvalue weighted by Gasteiger charge is 2.00. The third kappa shape index (κ3) is 4.12. The van der Waals surface area contributed by atoms with Crippen molar-refractivity contribution in [3.8, 4) is 0 Å². The fraction of sp³-hybridized carbons (Fsp3) is 0.462. The zero-order valence-corrected chi connectivity index (χ0v) is 10.2. The lowest BCUT2D eigenvalue weighted by Crippen LogP contribution is -1.89. The first-order chi connectivity index (χ1) is 5.37. The van der Waals surface area contributed by atoms with E-state index in [0.717, 1.165) is 5.57 Å². The summed E-state index contributed by atoms with van der Waals surface area (Å²) in [7, 11) is 0. The lowest BCUT2D eigenvalue weighted by Gasteiger charge is -2.09. The molecule has 0 unspecified atom stereocenters. The molecular formula is C13H23-. The fourth-order valence-electron chi connectivity index (χ4n) is 0.976. The summed E-state index contributed by atoms with van der Waals surface area (Å²) < 4.78 is 0. The van der Waals surface area contributed by atoms with Crippen molar-refractivity contribution in [1.82, 2.24) is 0 Å². The van der Waals surface area contributed by atoms with Crippen molar-refractivity contribution >= 4 is 0 Å². The van der Waals surface area contributed by atoms with Gasteiger partial charge in [-0.15, -0.1) is 0 Å². The summed E-state index contributed by atoms with van der Waals surface area (Å²) in [5.41, 5.74) is 6.60. The van der Waals surface area contributed by atoms with E-state index >= 15 is 0 Å². The second kappa shape index (κ2) is 5.80. The van der Waals surface area contributed by atoms with Crippen LogP contribution in [0.25, 0.3) is 0 Å². The molecule has 0 aromatic rings. The Morgan fingerprint density at radius 3 is 1.31 bits per heavy atom. The summed E-state index contributed by atoms with van der Waals surface area (Å²) in [6, 6.07) is 0. The molecule has 0 fully saturated rings. The molecule has 13 heavy (non-hydrogen) atoms. The standard InChI is InChI=1S/C12H20.CH3/c1-8(2)10(5)12(7)11(6)9(3)4;/h1H2,2-7H3;1H3/q;-1/b12-10+;. The number of hydrogen-bond donors (Lipinski definition) is 0. The van der Waals surface area contributed by atoms with Crippen molar-refractivity contribution in [1.29, 1.82) is 0 Å². The molecule has 0 radical (unpaired) electrons. The van der Waals surface area contributed by atoms with Gasteiger partial charge in [0.1, 0.15) is 0 Å². The van der Waals surface area contributed by atoms with E-state index in [1.165, 1.54) is 22.3 Å². The molecule has 76 valence electrons. The van der Waals surface area contributed by atoms with Crippen molar-refractivity contribution in [3.05, 3.63) is 41.9 Å². The second-order valence-electron chi connectivity index (χ2n) is 3.66. The first kappa shape index (κ1) is 14.7. The van der Waals surface area contributed by atoms with Crippen LogP contribution in [0.1, 0.15) is 41.5 Å². The lowest BCUT2D eigenvalue weighted by atomic mass is 9.97. The highest BCUT2D eigenvalue weighted by Crippen LogP contribution is 2.20. The monoisotopic (exact) mass is 179 g/mol. The zero-order chi connectivity index (χ0) is 9.89. The molecule has 0 heteroatoms. The predicted octanol–water partition coefficient (Wildman–Crippen LogP) is 4.71. The van der Waals surface area contributed by atoms with E-state index in [2.05, 4.69) is 48.1 Å². The van der Waals surface area contributed by atoms with Crippen LogP contribution >= 0.6 is 0 Å². The summed E-state index contributed by atoms with van der Waals surface area (Å²) >= 11 is 0. The van der Waals surface area contributed by atoms with Crippen LogP contribution in [0, 0.1) is 7.43 Å². The van der Waals surface area contributed by atoms with E-state index in [0.29, 0.717) is 0 Å². The van der Waals surface area contributed by atoms with Gasteiger partial charge in [0, 0.05) is 0 Å². The Bertz CT molecular complexity index is 245. The Kier molecular flexibility index (Phi) is 6.57. The number of allylic oxidation sites excluding steroid dienone is 5. The Hall–Kier alpha value is -0.780. The van der Waals surface area contributed by atoms with Gasteiger partial charge in [0.15, 0.2) is 0 Å². The molecule has 0 nitrogen and oxygen atoms in total. The summed E-state index contributed by atoms with van der Waals surface area (Å²) in [6.07, 6.45) is 0. The Morgan fingerprint density at radius 2 is 1.08 bits per heavy atom. The molecule has 0 saturated heterocycles. The average Bonchev–Trinajstić information content (AvgIpc) is 2.00. The van der Waals surface area contributed by atoms with Gasteiger partial charge in [-0.2, -0.15) is 0 Å². The number of rotatable bonds is 2. The molecule has 0 bridgehead atoms. The average molecular weight is 179 g/mol. The van der Waals surface area contributed by atoms with Crippen molar-refractivity contribution in [2.75, 3.05) is 0 Å². The molecule has 0 rings (SSSR count). The van der Waals surface area contributed by atoms with Crippen molar-refractivity contribution in [2.45, 2.75) is 41.5 Å². The van der Waals surface area contributed by atoms with E-state index in [9.17, 15) is 0 Å². The van der Waals surface area contributed by atoms with Gasteiger partial charge in [-0.1, -0.05) is 17.7 Å². The van der Waals surface area contributed by atoms with E-state index < -0.39 is 0 Å². The van der Waals surface area contributed by atoms with Crippen LogP contribution in [-0.4, -0.2) is 0 Å². The Morgan fingerprint density at radius 1 is 0.692 bits per heavy atom. The molecule has 0 atom stereocenters. The first-order valence-corrected chi connectivity index (χ1v) is 4.35. The minimum atomic E-state index is 0. The summed E-state index contributed by atoms with van der Waals surface area (Å²) in [5.74, 6) is 0. The molecule has 0 N–H and O–H groups in total. The summed E-state index contributed by atoms with van der Waals surface area (Å²) in [4.78, 5) is 0. The van der Waals surface area contributed by atoms with Gasteiger partial charge in [-0.3, -0.25) is 0 Å². The summed E-state index contributed by atoms with van der Waals surface area (Å²) in [6.45, 7) is 16.7. The minimum absolute atomic E-state index is 0. The third-order valence-electron chi connectivity index (χ3n) is 2.52. The van der Waals surface area contributed by atoms with E-state index in [1.54, 1.807) is 0 Å².